The second kappa shape index (κ2) is 6.24. The van der Waals surface area contributed by atoms with Crippen molar-refractivity contribution in [1.82, 2.24) is 14.0 Å². The number of nitrogens with one attached hydrogen (secondary N) is 2. The van der Waals surface area contributed by atoms with Crippen molar-refractivity contribution >= 4 is 28.8 Å². The van der Waals surface area contributed by atoms with Crippen molar-refractivity contribution in [3.05, 3.63) is 39.0 Å². The van der Waals surface area contributed by atoms with Crippen LogP contribution in [0.4, 0.5) is 0 Å². The SMILES string of the molecule is CC(=O)Nn1c(=O)c2cc(SNC3(C)CC3)ccc2n(CC2(C)CC2)c1=O. The lowest BCUT2D eigenvalue weighted by Gasteiger charge is -2.17. The van der Waals surface area contributed by atoms with Gasteiger partial charge in [-0.2, -0.15) is 4.68 Å². The molecule has 2 fully saturated rings. The van der Waals surface area contributed by atoms with E-state index in [9.17, 15) is 14.4 Å². The lowest BCUT2D eigenvalue weighted by molar-refractivity contribution is -0.115. The van der Waals surface area contributed by atoms with E-state index in [-0.39, 0.29) is 11.0 Å². The molecule has 0 spiro atoms. The molecule has 4 rings (SSSR count). The number of rotatable bonds is 6. The summed E-state index contributed by atoms with van der Waals surface area (Å²) in [7, 11) is 0. The van der Waals surface area contributed by atoms with Gasteiger partial charge in [-0.05, 0) is 68.2 Å². The maximum Gasteiger partial charge on any atom is 0.350 e. The molecule has 2 saturated carbocycles. The van der Waals surface area contributed by atoms with Crippen molar-refractivity contribution in [1.29, 1.82) is 0 Å². The summed E-state index contributed by atoms with van der Waals surface area (Å²) in [6.45, 7) is 6.11. The lowest BCUT2D eigenvalue weighted by atomic mass is 10.1. The normalized spacial score (nSPS) is 19.1. The van der Waals surface area contributed by atoms with Crippen LogP contribution in [0.15, 0.2) is 32.7 Å². The molecule has 27 heavy (non-hydrogen) atoms. The number of carbonyl (C=O) groups is 1. The van der Waals surface area contributed by atoms with Crippen molar-refractivity contribution in [2.75, 3.05) is 5.43 Å². The molecule has 2 N–H and O–H groups in total. The molecule has 0 radical (unpaired) electrons. The highest BCUT2D eigenvalue weighted by atomic mass is 32.2. The zero-order valence-corrected chi connectivity index (χ0v) is 16.6. The number of hydrogen-bond donors (Lipinski definition) is 2. The molecule has 0 saturated heterocycles. The largest absolute Gasteiger partial charge is 0.350 e. The van der Waals surface area contributed by atoms with Crippen LogP contribution < -0.4 is 21.4 Å². The second-order valence-corrected chi connectivity index (χ2v) is 9.31. The Morgan fingerprint density at radius 2 is 1.89 bits per heavy atom. The van der Waals surface area contributed by atoms with E-state index >= 15 is 0 Å². The van der Waals surface area contributed by atoms with Crippen molar-refractivity contribution < 1.29 is 4.79 Å². The molecule has 2 aliphatic rings. The number of carbonyl (C=O) groups excluding carboxylic acids is 1. The Hall–Kier alpha value is -2.06. The summed E-state index contributed by atoms with van der Waals surface area (Å²) in [6.07, 6.45) is 4.38. The molecule has 1 heterocycles. The third kappa shape index (κ3) is 3.68. The van der Waals surface area contributed by atoms with Gasteiger partial charge in [0, 0.05) is 23.9 Å². The van der Waals surface area contributed by atoms with E-state index in [1.165, 1.54) is 18.9 Å². The number of fused-ring (bicyclic) bond motifs is 1. The molecule has 8 heteroatoms. The molecule has 0 unspecified atom stereocenters. The Balaban J connectivity index is 1.82. The fraction of sp³-hybridized carbons (Fsp3) is 0.526. The number of nitrogens with zero attached hydrogens (tertiary/aromatic N) is 2. The quantitative estimate of drug-likeness (QED) is 0.741. The first-order chi connectivity index (χ1) is 12.7. The Labute approximate surface area is 161 Å². The molecule has 1 amide bonds. The van der Waals surface area contributed by atoms with E-state index in [4.69, 9.17) is 0 Å². The summed E-state index contributed by atoms with van der Waals surface area (Å²) in [4.78, 5) is 38.2. The molecule has 2 aromatic rings. The van der Waals surface area contributed by atoms with Crippen LogP contribution in [0.5, 0.6) is 0 Å². The molecule has 0 aliphatic heterocycles. The third-order valence-corrected chi connectivity index (χ3v) is 6.53. The van der Waals surface area contributed by atoms with E-state index in [1.54, 1.807) is 10.6 Å². The second-order valence-electron chi connectivity index (χ2n) is 8.43. The minimum atomic E-state index is -0.500. The van der Waals surface area contributed by atoms with Crippen LogP contribution in [0.2, 0.25) is 0 Å². The summed E-state index contributed by atoms with van der Waals surface area (Å²) in [5, 5.41) is 0.431. The van der Waals surface area contributed by atoms with E-state index in [1.807, 2.05) is 12.1 Å². The number of hydrogen-bond acceptors (Lipinski definition) is 5. The van der Waals surface area contributed by atoms with E-state index in [0.717, 1.165) is 35.3 Å². The average Bonchev–Trinajstić information content (AvgIpc) is 3.53. The zero-order valence-electron chi connectivity index (χ0n) is 15.8. The van der Waals surface area contributed by atoms with Crippen LogP contribution in [-0.2, 0) is 11.3 Å². The van der Waals surface area contributed by atoms with Crippen molar-refractivity contribution in [2.24, 2.45) is 5.41 Å². The molecule has 2 aliphatic carbocycles. The first kappa shape index (κ1) is 18.3. The highest BCUT2D eigenvalue weighted by Crippen LogP contribution is 2.46. The Morgan fingerprint density at radius 3 is 2.48 bits per heavy atom. The van der Waals surface area contributed by atoms with Crippen molar-refractivity contribution in [3.63, 3.8) is 0 Å². The minimum Gasteiger partial charge on any atom is -0.291 e. The van der Waals surface area contributed by atoms with Gasteiger partial charge in [0.05, 0.1) is 10.9 Å². The van der Waals surface area contributed by atoms with Crippen LogP contribution in [-0.4, -0.2) is 20.7 Å². The highest BCUT2D eigenvalue weighted by Gasteiger charge is 2.39. The van der Waals surface area contributed by atoms with Gasteiger partial charge in [0.2, 0.25) is 5.91 Å². The predicted octanol–water partition coefficient (Wildman–Crippen LogP) is 2.20. The molecular weight excluding hydrogens is 364 g/mol. The Bertz CT molecular complexity index is 1050. The summed E-state index contributed by atoms with van der Waals surface area (Å²) in [5.41, 5.74) is 2.23. The maximum atomic E-state index is 12.9. The topological polar surface area (TPSA) is 85.1 Å². The molecule has 7 nitrogen and oxygen atoms in total. The third-order valence-electron chi connectivity index (χ3n) is 5.44. The molecular formula is C19H24N4O3S. The number of amides is 1. The number of benzene rings is 1. The van der Waals surface area contributed by atoms with E-state index in [0.29, 0.717) is 17.4 Å². The number of aromatic nitrogens is 2. The van der Waals surface area contributed by atoms with Gasteiger partial charge in [0.25, 0.3) is 5.56 Å². The maximum absolute atomic E-state index is 12.9. The fourth-order valence-corrected chi connectivity index (χ4v) is 3.93. The van der Waals surface area contributed by atoms with Gasteiger partial charge in [-0.1, -0.05) is 6.92 Å². The monoisotopic (exact) mass is 388 g/mol. The van der Waals surface area contributed by atoms with Crippen LogP contribution in [0, 0.1) is 5.41 Å². The summed E-state index contributed by atoms with van der Waals surface area (Å²) < 4.78 is 5.87. The average molecular weight is 388 g/mol. The predicted molar refractivity (Wildman–Crippen MR) is 106 cm³/mol. The molecule has 1 aromatic heterocycles. The van der Waals surface area contributed by atoms with Gasteiger partial charge in [-0.15, -0.1) is 0 Å². The Kier molecular flexibility index (Phi) is 4.23. The van der Waals surface area contributed by atoms with Gasteiger partial charge in [-0.25, -0.2) is 4.79 Å². The van der Waals surface area contributed by atoms with Gasteiger partial charge in [0.15, 0.2) is 0 Å². The highest BCUT2D eigenvalue weighted by molar-refractivity contribution is 7.97. The van der Waals surface area contributed by atoms with Gasteiger partial charge < -0.3 is 0 Å². The van der Waals surface area contributed by atoms with Gasteiger partial charge >= 0.3 is 5.69 Å². The zero-order chi connectivity index (χ0) is 19.4. The van der Waals surface area contributed by atoms with Crippen LogP contribution in [0.3, 0.4) is 0 Å². The fourth-order valence-electron chi connectivity index (χ4n) is 3.05. The van der Waals surface area contributed by atoms with Crippen molar-refractivity contribution in [2.45, 2.75) is 63.4 Å². The van der Waals surface area contributed by atoms with E-state index < -0.39 is 17.2 Å². The smallest absolute Gasteiger partial charge is 0.291 e. The molecule has 144 valence electrons. The van der Waals surface area contributed by atoms with Crippen LogP contribution in [0.25, 0.3) is 10.9 Å². The van der Waals surface area contributed by atoms with Crippen LogP contribution in [0.1, 0.15) is 46.5 Å². The first-order valence-electron chi connectivity index (χ1n) is 9.21. The van der Waals surface area contributed by atoms with Crippen molar-refractivity contribution in [3.8, 4) is 0 Å². The first-order valence-corrected chi connectivity index (χ1v) is 10.0. The minimum absolute atomic E-state index is 0.0742. The molecule has 1 aromatic carbocycles. The Morgan fingerprint density at radius 1 is 1.19 bits per heavy atom. The summed E-state index contributed by atoms with van der Waals surface area (Å²) in [5.74, 6) is -0.452. The van der Waals surface area contributed by atoms with Gasteiger partial charge in [-0.3, -0.25) is 24.3 Å². The molecule has 0 atom stereocenters. The summed E-state index contributed by atoms with van der Waals surface area (Å²) in [6, 6.07) is 5.56. The summed E-state index contributed by atoms with van der Waals surface area (Å²) >= 11 is 1.50. The van der Waals surface area contributed by atoms with E-state index in [2.05, 4.69) is 24.0 Å². The lowest BCUT2D eigenvalue weighted by Crippen LogP contribution is -2.46. The van der Waals surface area contributed by atoms with Crippen LogP contribution >= 0.6 is 11.9 Å². The molecule has 0 bridgehead atoms. The van der Waals surface area contributed by atoms with Gasteiger partial charge in [0.1, 0.15) is 0 Å². The standard InChI is InChI=1S/C19H24N4O3S/c1-12(24)20-23-16(25)14-10-13(27-21-19(3)8-9-19)4-5-15(14)22(17(23)26)11-18(2)6-7-18/h4-5,10,21H,6-9,11H2,1-3H3,(H,20,24).